The average Bonchev–Trinajstić information content (AvgIpc) is 3.01. The van der Waals surface area contributed by atoms with Gasteiger partial charge in [0, 0.05) is 45.6 Å². The van der Waals surface area contributed by atoms with Gasteiger partial charge in [-0.25, -0.2) is 4.79 Å². The monoisotopic (exact) mass is 443 g/mol. The molecule has 1 saturated heterocycles. The first-order chi connectivity index (χ1) is 13.4. The first-order valence-corrected chi connectivity index (χ1v) is 10.5. The molecule has 0 bridgehead atoms. The van der Waals surface area contributed by atoms with Crippen molar-refractivity contribution in [3.05, 3.63) is 39.9 Å². The Morgan fingerprint density at radius 2 is 1.89 bits per heavy atom. The molecule has 0 atom stereocenters. The van der Waals surface area contributed by atoms with Gasteiger partial charge < -0.3 is 19.5 Å². The van der Waals surface area contributed by atoms with Crippen molar-refractivity contribution in [2.75, 3.05) is 31.6 Å². The van der Waals surface area contributed by atoms with E-state index in [1.807, 2.05) is 4.90 Å². The predicted molar refractivity (Wildman–Crippen MR) is 118 cm³/mol. The second-order valence-electron chi connectivity index (χ2n) is 7.74. The van der Waals surface area contributed by atoms with Crippen molar-refractivity contribution in [1.29, 1.82) is 0 Å². The lowest BCUT2D eigenvalue weighted by Gasteiger charge is -2.27. The number of ether oxygens (including phenoxy) is 1. The summed E-state index contributed by atoms with van der Waals surface area (Å²) in [6.07, 6.45) is 0. The average molecular weight is 444 g/mol. The first kappa shape index (κ1) is 19.3. The van der Waals surface area contributed by atoms with Gasteiger partial charge in [-0.05, 0) is 63.1 Å². The summed E-state index contributed by atoms with van der Waals surface area (Å²) in [5.41, 5.74) is 5.61. The van der Waals surface area contributed by atoms with Gasteiger partial charge in [-0.15, -0.1) is 0 Å². The molecule has 2 amide bonds. The van der Waals surface area contributed by atoms with E-state index in [9.17, 15) is 4.79 Å². The van der Waals surface area contributed by atoms with Gasteiger partial charge in [-0.1, -0.05) is 15.9 Å². The number of benzene rings is 2. The summed E-state index contributed by atoms with van der Waals surface area (Å²) in [4.78, 5) is 14.6. The summed E-state index contributed by atoms with van der Waals surface area (Å²) in [5, 5.41) is 5.56. The van der Waals surface area contributed by atoms with Gasteiger partial charge in [0.2, 0.25) is 0 Å². The number of nitrogens with one attached hydrogen (secondary N) is 1. The molecule has 1 N–H and O–H groups in total. The van der Waals surface area contributed by atoms with E-state index >= 15 is 0 Å². The molecule has 4 rings (SSSR count). The van der Waals surface area contributed by atoms with Gasteiger partial charge in [-0.2, -0.15) is 0 Å². The van der Waals surface area contributed by atoms with Crippen LogP contribution in [0.1, 0.15) is 31.0 Å². The van der Waals surface area contributed by atoms with E-state index < -0.39 is 0 Å². The maximum absolute atomic E-state index is 12.7. The molecule has 1 aliphatic rings. The number of carbonyl (C=O) groups is 1. The van der Waals surface area contributed by atoms with Crippen molar-refractivity contribution in [1.82, 2.24) is 9.47 Å². The van der Waals surface area contributed by atoms with E-state index in [0.29, 0.717) is 32.3 Å². The second-order valence-corrected chi connectivity index (χ2v) is 8.66. The number of urea groups is 1. The van der Waals surface area contributed by atoms with Crippen LogP contribution in [0.5, 0.6) is 0 Å². The minimum atomic E-state index is -0.0565. The number of carbonyl (C=O) groups excluding carboxylic acids is 1. The molecule has 28 heavy (non-hydrogen) atoms. The molecular formula is C22H26BrN3O2. The van der Waals surface area contributed by atoms with Crippen LogP contribution < -0.4 is 5.32 Å². The number of aryl methyl sites for hydroxylation is 2. The van der Waals surface area contributed by atoms with Crippen LogP contribution in [0.2, 0.25) is 0 Å². The summed E-state index contributed by atoms with van der Waals surface area (Å²) in [5.74, 6) is 0. The molecule has 0 spiro atoms. The standard InChI is InChI=1S/C22H26BrN3O2/c1-13(2)26-19-6-5-16(23)12-17(19)20-15(4)18(11-14(3)21(20)26)24-22(27)25-7-9-28-10-8-25/h5-6,11-13H,7-10H2,1-4H3,(H,24,27). The molecule has 1 aliphatic heterocycles. The molecular weight excluding hydrogens is 418 g/mol. The summed E-state index contributed by atoms with van der Waals surface area (Å²) in [6, 6.07) is 8.82. The molecule has 1 fully saturated rings. The lowest BCUT2D eigenvalue weighted by atomic mass is 10.0. The molecule has 148 valence electrons. The molecule has 1 aromatic heterocycles. The third-order valence-corrected chi connectivity index (χ3v) is 6.03. The minimum Gasteiger partial charge on any atom is -0.378 e. The van der Waals surface area contributed by atoms with Gasteiger partial charge in [0.25, 0.3) is 0 Å². The van der Waals surface area contributed by atoms with Gasteiger partial charge >= 0.3 is 6.03 Å². The number of anilines is 1. The third kappa shape index (κ3) is 3.18. The second kappa shape index (κ2) is 7.41. The molecule has 0 saturated carbocycles. The predicted octanol–water partition coefficient (Wildman–Crippen LogP) is 5.62. The lowest BCUT2D eigenvalue weighted by Crippen LogP contribution is -2.43. The molecule has 2 heterocycles. The number of nitrogens with zero attached hydrogens (tertiary/aromatic N) is 2. The highest BCUT2D eigenvalue weighted by Gasteiger charge is 2.21. The first-order valence-electron chi connectivity index (χ1n) is 9.75. The Bertz CT molecular complexity index is 1070. The Kier molecular flexibility index (Phi) is 5.10. The van der Waals surface area contributed by atoms with Gasteiger partial charge in [0.15, 0.2) is 0 Å². The maximum Gasteiger partial charge on any atom is 0.322 e. The van der Waals surface area contributed by atoms with Crippen molar-refractivity contribution in [2.24, 2.45) is 0 Å². The summed E-state index contributed by atoms with van der Waals surface area (Å²) >= 11 is 3.62. The van der Waals surface area contributed by atoms with Crippen LogP contribution >= 0.6 is 15.9 Å². The van der Waals surface area contributed by atoms with E-state index in [1.165, 1.54) is 27.4 Å². The fourth-order valence-corrected chi connectivity index (χ4v) is 4.57. The molecule has 0 radical (unpaired) electrons. The number of rotatable bonds is 2. The quantitative estimate of drug-likeness (QED) is 0.558. The number of morpholine rings is 1. The topological polar surface area (TPSA) is 46.5 Å². The van der Waals surface area contributed by atoms with Crippen LogP contribution in [0.3, 0.4) is 0 Å². The molecule has 0 unspecified atom stereocenters. The largest absolute Gasteiger partial charge is 0.378 e. The van der Waals surface area contributed by atoms with Crippen molar-refractivity contribution in [3.8, 4) is 0 Å². The highest BCUT2D eigenvalue weighted by atomic mass is 79.9. The molecule has 0 aliphatic carbocycles. The number of hydrogen-bond acceptors (Lipinski definition) is 2. The molecule has 5 nitrogen and oxygen atoms in total. The fourth-order valence-electron chi connectivity index (χ4n) is 4.21. The number of hydrogen-bond donors (Lipinski definition) is 1. The third-order valence-electron chi connectivity index (χ3n) is 5.53. The van der Waals surface area contributed by atoms with E-state index in [-0.39, 0.29) is 6.03 Å². The van der Waals surface area contributed by atoms with Crippen molar-refractivity contribution >= 4 is 49.5 Å². The highest BCUT2D eigenvalue weighted by Crippen LogP contribution is 2.39. The number of halogens is 1. The Balaban J connectivity index is 1.88. The summed E-state index contributed by atoms with van der Waals surface area (Å²) in [6.45, 7) is 11.1. The molecule has 3 aromatic rings. The van der Waals surface area contributed by atoms with Crippen molar-refractivity contribution in [3.63, 3.8) is 0 Å². The van der Waals surface area contributed by atoms with Crippen molar-refractivity contribution < 1.29 is 9.53 Å². The zero-order valence-corrected chi connectivity index (χ0v) is 18.4. The molecule has 2 aromatic carbocycles. The van der Waals surface area contributed by atoms with Gasteiger partial charge in [-0.3, -0.25) is 0 Å². The van der Waals surface area contributed by atoms with E-state index in [4.69, 9.17) is 4.74 Å². The van der Waals surface area contributed by atoms with Crippen LogP contribution in [-0.4, -0.2) is 41.8 Å². The fraction of sp³-hybridized carbons (Fsp3) is 0.409. The smallest absolute Gasteiger partial charge is 0.322 e. The van der Waals surface area contributed by atoms with Crippen LogP contribution in [0.4, 0.5) is 10.5 Å². The number of aromatic nitrogens is 1. The van der Waals surface area contributed by atoms with Gasteiger partial charge in [0.1, 0.15) is 0 Å². The number of amides is 2. The van der Waals surface area contributed by atoms with Crippen LogP contribution in [-0.2, 0) is 4.74 Å². The van der Waals surface area contributed by atoms with Crippen LogP contribution in [0.25, 0.3) is 21.8 Å². The normalized spacial score (nSPS) is 15.0. The summed E-state index contributed by atoms with van der Waals surface area (Å²) < 4.78 is 8.81. The van der Waals surface area contributed by atoms with E-state index in [0.717, 1.165) is 15.7 Å². The Morgan fingerprint density at radius 3 is 2.57 bits per heavy atom. The van der Waals surface area contributed by atoms with Crippen molar-refractivity contribution in [2.45, 2.75) is 33.7 Å². The minimum absolute atomic E-state index is 0.0565. The van der Waals surface area contributed by atoms with E-state index in [2.05, 4.69) is 77.8 Å². The SMILES string of the molecule is Cc1c(NC(=O)N2CCOCC2)cc(C)c2c1c1cc(Br)ccc1n2C(C)C. The Labute approximate surface area is 173 Å². The van der Waals surface area contributed by atoms with Gasteiger partial charge in [0.05, 0.1) is 18.7 Å². The highest BCUT2D eigenvalue weighted by molar-refractivity contribution is 9.10. The summed E-state index contributed by atoms with van der Waals surface area (Å²) in [7, 11) is 0. The Hall–Kier alpha value is -2.05. The van der Waals surface area contributed by atoms with Crippen LogP contribution in [0, 0.1) is 13.8 Å². The molecule has 6 heteroatoms. The van der Waals surface area contributed by atoms with Crippen LogP contribution in [0.15, 0.2) is 28.7 Å². The Morgan fingerprint density at radius 1 is 1.18 bits per heavy atom. The lowest BCUT2D eigenvalue weighted by molar-refractivity contribution is 0.0564. The zero-order chi connectivity index (χ0) is 20.0. The number of fused-ring (bicyclic) bond motifs is 3. The maximum atomic E-state index is 12.7. The van der Waals surface area contributed by atoms with E-state index in [1.54, 1.807) is 0 Å². The zero-order valence-electron chi connectivity index (χ0n) is 16.8.